The van der Waals surface area contributed by atoms with Gasteiger partial charge in [0.2, 0.25) is 0 Å². The van der Waals surface area contributed by atoms with E-state index in [1.165, 1.54) is 25.7 Å². The minimum atomic E-state index is -0.00726. The first-order valence-electron chi connectivity index (χ1n) is 5.49. The van der Waals surface area contributed by atoms with Gasteiger partial charge in [0.1, 0.15) is 6.10 Å². The Labute approximate surface area is 99.9 Å². The first-order chi connectivity index (χ1) is 6.65. The highest BCUT2D eigenvalue weighted by atomic mass is 127. The van der Waals surface area contributed by atoms with Gasteiger partial charge in [0.15, 0.2) is 0 Å². The highest BCUT2D eigenvalue weighted by Gasteiger charge is 2.34. The highest BCUT2D eigenvalue weighted by molar-refractivity contribution is 14.1. The number of rotatable bonds is 5. The lowest BCUT2D eigenvalue weighted by Crippen LogP contribution is -2.19. The maximum absolute atomic E-state index is 11.2. The SMILES string of the molecule is CCCCCC(I)C1CC(C)C(=O)O1. The van der Waals surface area contributed by atoms with E-state index >= 15 is 0 Å². The van der Waals surface area contributed by atoms with Crippen molar-refractivity contribution >= 4 is 28.6 Å². The number of alkyl halides is 1. The third kappa shape index (κ3) is 3.41. The Balaban J connectivity index is 2.24. The minimum Gasteiger partial charge on any atom is -0.461 e. The van der Waals surface area contributed by atoms with Gasteiger partial charge in [-0.05, 0) is 12.8 Å². The maximum Gasteiger partial charge on any atom is 0.309 e. The Bertz CT molecular complexity index is 194. The molecule has 0 bridgehead atoms. The molecular formula is C11H19IO2. The average molecular weight is 310 g/mol. The van der Waals surface area contributed by atoms with Crippen LogP contribution in [0.3, 0.4) is 0 Å². The van der Waals surface area contributed by atoms with Gasteiger partial charge in [0, 0.05) is 3.92 Å². The smallest absolute Gasteiger partial charge is 0.309 e. The zero-order chi connectivity index (χ0) is 10.6. The molecule has 3 heteroatoms. The third-order valence-corrected chi connectivity index (χ3v) is 4.17. The van der Waals surface area contributed by atoms with Crippen molar-refractivity contribution in [2.45, 2.75) is 56.0 Å². The van der Waals surface area contributed by atoms with Crippen molar-refractivity contribution in [3.8, 4) is 0 Å². The van der Waals surface area contributed by atoms with Gasteiger partial charge < -0.3 is 4.74 Å². The van der Waals surface area contributed by atoms with Gasteiger partial charge in [-0.25, -0.2) is 0 Å². The van der Waals surface area contributed by atoms with Crippen molar-refractivity contribution < 1.29 is 9.53 Å². The highest BCUT2D eigenvalue weighted by Crippen LogP contribution is 2.29. The largest absolute Gasteiger partial charge is 0.461 e. The fourth-order valence-electron chi connectivity index (χ4n) is 1.75. The summed E-state index contributed by atoms with van der Waals surface area (Å²) in [5.74, 6) is 0.107. The number of esters is 1. The lowest BCUT2D eigenvalue weighted by atomic mass is 10.0. The van der Waals surface area contributed by atoms with E-state index in [2.05, 4.69) is 29.5 Å². The zero-order valence-corrected chi connectivity index (χ0v) is 11.1. The van der Waals surface area contributed by atoms with E-state index in [-0.39, 0.29) is 18.0 Å². The van der Waals surface area contributed by atoms with E-state index in [1.54, 1.807) is 0 Å². The van der Waals surface area contributed by atoms with Crippen molar-refractivity contribution in [3.63, 3.8) is 0 Å². The Kier molecular flexibility index (Phi) is 5.20. The minimum absolute atomic E-state index is 0.00726. The van der Waals surface area contributed by atoms with Crippen LogP contribution in [-0.2, 0) is 9.53 Å². The quantitative estimate of drug-likeness (QED) is 0.337. The number of unbranched alkanes of at least 4 members (excludes halogenated alkanes) is 2. The van der Waals surface area contributed by atoms with Gasteiger partial charge in [-0.1, -0.05) is 55.7 Å². The predicted molar refractivity (Wildman–Crippen MR) is 65.6 cm³/mol. The van der Waals surface area contributed by atoms with E-state index in [4.69, 9.17) is 4.74 Å². The van der Waals surface area contributed by atoms with Crippen molar-refractivity contribution in [1.29, 1.82) is 0 Å². The van der Waals surface area contributed by atoms with Gasteiger partial charge in [-0.2, -0.15) is 0 Å². The summed E-state index contributed by atoms with van der Waals surface area (Å²) < 4.78 is 5.83. The molecule has 3 atom stereocenters. The second kappa shape index (κ2) is 5.93. The Morgan fingerprint density at radius 1 is 1.57 bits per heavy atom. The van der Waals surface area contributed by atoms with E-state index < -0.39 is 0 Å². The standard InChI is InChI=1S/C11H19IO2/c1-3-4-5-6-9(12)10-7-8(2)11(13)14-10/h8-10H,3-7H2,1-2H3. The van der Waals surface area contributed by atoms with Crippen LogP contribution in [0.2, 0.25) is 0 Å². The topological polar surface area (TPSA) is 26.3 Å². The summed E-state index contributed by atoms with van der Waals surface area (Å²) in [6.45, 7) is 4.16. The van der Waals surface area contributed by atoms with Crippen LogP contribution in [0.1, 0.15) is 46.0 Å². The molecule has 1 fully saturated rings. The van der Waals surface area contributed by atoms with Gasteiger partial charge in [-0.15, -0.1) is 0 Å². The summed E-state index contributed by atoms with van der Waals surface area (Å²) in [5, 5.41) is 0. The molecule has 0 amide bonds. The van der Waals surface area contributed by atoms with Gasteiger partial charge in [-0.3, -0.25) is 4.79 Å². The first kappa shape index (κ1) is 12.3. The van der Waals surface area contributed by atoms with Crippen molar-refractivity contribution in [2.24, 2.45) is 5.92 Å². The van der Waals surface area contributed by atoms with Crippen molar-refractivity contribution in [3.05, 3.63) is 0 Å². The van der Waals surface area contributed by atoms with Crippen LogP contribution in [-0.4, -0.2) is 16.0 Å². The lowest BCUT2D eigenvalue weighted by Gasteiger charge is -2.15. The molecule has 1 saturated heterocycles. The molecular weight excluding hydrogens is 291 g/mol. The summed E-state index contributed by atoms with van der Waals surface area (Å²) in [7, 11) is 0. The monoisotopic (exact) mass is 310 g/mol. The van der Waals surface area contributed by atoms with E-state index in [1.807, 2.05) is 6.92 Å². The van der Waals surface area contributed by atoms with Gasteiger partial charge >= 0.3 is 5.97 Å². The molecule has 1 rings (SSSR count). The van der Waals surface area contributed by atoms with Crippen LogP contribution in [0.25, 0.3) is 0 Å². The van der Waals surface area contributed by atoms with E-state index in [9.17, 15) is 4.79 Å². The molecule has 1 heterocycles. The van der Waals surface area contributed by atoms with Crippen LogP contribution >= 0.6 is 22.6 Å². The molecule has 0 aliphatic carbocycles. The van der Waals surface area contributed by atoms with Crippen LogP contribution < -0.4 is 0 Å². The van der Waals surface area contributed by atoms with Crippen LogP contribution in [0.4, 0.5) is 0 Å². The molecule has 0 saturated carbocycles. The average Bonchev–Trinajstić information content (AvgIpc) is 2.47. The van der Waals surface area contributed by atoms with Gasteiger partial charge in [0.05, 0.1) is 5.92 Å². The van der Waals surface area contributed by atoms with Crippen LogP contribution in [0.15, 0.2) is 0 Å². The maximum atomic E-state index is 11.2. The summed E-state index contributed by atoms with van der Waals surface area (Å²) in [4.78, 5) is 11.2. The summed E-state index contributed by atoms with van der Waals surface area (Å²) >= 11 is 2.43. The molecule has 1 aliphatic heterocycles. The number of carbonyl (C=O) groups is 1. The fourth-order valence-corrected chi connectivity index (χ4v) is 2.64. The molecule has 0 aromatic heterocycles. The van der Waals surface area contributed by atoms with E-state index in [0.717, 1.165) is 6.42 Å². The Morgan fingerprint density at radius 3 is 2.79 bits per heavy atom. The summed E-state index contributed by atoms with van der Waals surface area (Å²) in [6.07, 6.45) is 6.07. The molecule has 2 nitrogen and oxygen atoms in total. The predicted octanol–water partition coefficient (Wildman–Crippen LogP) is 3.32. The molecule has 3 unspecified atom stereocenters. The molecule has 0 spiro atoms. The number of cyclic esters (lactones) is 1. The number of halogens is 1. The normalized spacial score (nSPS) is 28.9. The second-order valence-electron chi connectivity index (χ2n) is 4.12. The molecule has 0 N–H and O–H groups in total. The third-order valence-electron chi connectivity index (χ3n) is 2.74. The van der Waals surface area contributed by atoms with Crippen molar-refractivity contribution in [1.82, 2.24) is 0 Å². The fraction of sp³-hybridized carbons (Fsp3) is 0.909. The number of carbonyl (C=O) groups excluding carboxylic acids is 1. The Morgan fingerprint density at radius 2 is 2.29 bits per heavy atom. The second-order valence-corrected chi connectivity index (χ2v) is 5.72. The lowest BCUT2D eigenvalue weighted by molar-refractivity contribution is -0.143. The molecule has 0 aromatic rings. The van der Waals surface area contributed by atoms with Crippen LogP contribution in [0.5, 0.6) is 0 Å². The number of hydrogen-bond donors (Lipinski definition) is 0. The molecule has 1 aliphatic rings. The summed E-state index contributed by atoms with van der Waals surface area (Å²) in [5.41, 5.74) is 0. The van der Waals surface area contributed by atoms with Crippen molar-refractivity contribution in [2.75, 3.05) is 0 Å². The molecule has 14 heavy (non-hydrogen) atoms. The summed E-state index contributed by atoms with van der Waals surface area (Å²) in [6, 6.07) is 0. The molecule has 0 radical (unpaired) electrons. The zero-order valence-electron chi connectivity index (χ0n) is 8.96. The molecule has 0 aromatic carbocycles. The number of ether oxygens (including phenoxy) is 1. The molecule has 82 valence electrons. The first-order valence-corrected chi connectivity index (χ1v) is 6.74. The number of hydrogen-bond acceptors (Lipinski definition) is 2. The van der Waals surface area contributed by atoms with Gasteiger partial charge in [0.25, 0.3) is 0 Å². The van der Waals surface area contributed by atoms with E-state index in [0.29, 0.717) is 3.92 Å². The Hall–Kier alpha value is 0.200. The van der Waals surface area contributed by atoms with Crippen LogP contribution in [0, 0.1) is 5.92 Å².